The van der Waals surface area contributed by atoms with Crippen molar-refractivity contribution in [2.75, 3.05) is 25.0 Å². The van der Waals surface area contributed by atoms with Gasteiger partial charge in [0, 0.05) is 50.0 Å². The summed E-state index contributed by atoms with van der Waals surface area (Å²) in [6.07, 6.45) is 2.80. The third-order valence-electron chi connectivity index (χ3n) is 5.51. The molecule has 0 spiro atoms. The first kappa shape index (κ1) is 17.6. The second kappa shape index (κ2) is 7.06. The molecule has 1 aromatic carbocycles. The molecule has 0 unspecified atom stereocenters. The van der Waals surface area contributed by atoms with Crippen LogP contribution in [0, 0.1) is 6.92 Å². The van der Waals surface area contributed by atoms with E-state index in [1.807, 2.05) is 43.1 Å². The van der Waals surface area contributed by atoms with Gasteiger partial charge in [0.2, 0.25) is 0 Å². The Hall–Kier alpha value is -2.83. The van der Waals surface area contributed by atoms with Gasteiger partial charge in [-0.05, 0) is 31.4 Å². The molecular formula is C20H25N5O2. The van der Waals surface area contributed by atoms with Crippen molar-refractivity contribution in [3.8, 4) is 0 Å². The summed E-state index contributed by atoms with van der Waals surface area (Å²) in [4.78, 5) is 29.3. The summed E-state index contributed by atoms with van der Waals surface area (Å²) in [5, 5.41) is 7.48. The van der Waals surface area contributed by atoms with Crippen LogP contribution in [0.5, 0.6) is 0 Å². The number of hydrogen-bond acceptors (Lipinski definition) is 3. The van der Waals surface area contributed by atoms with Crippen molar-refractivity contribution in [3.05, 3.63) is 46.8 Å². The maximum atomic E-state index is 12.9. The highest BCUT2D eigenvalue weighted by atomic mass is 16.2. The van der Waals surface area contributed by atoms with Crippen LogP contribution in [0.3, 0.4) is 0 Å². The van der Waals surface area contributed by atoms with Gasteiger partial charge in [0.15, 0.2) is 5.69 Å². The van der Waals surface area contributed by atoms with E-state index in [2.05, 4.69) is 10.4 Å². The molecule has 1 saturated heterocycles. The van der Waals surface area contributed by atoms with Crippen LogP contribution in [0.15, 0.2) is 24.3 Å². The Morgan fingerprint density at radius 1 is 1.07 bits per heavy atom. The Bertz CT molecular complexity index is 882. The van der Waals surface area contributed by atoms with Gasteiger partial charge in [-0.1, -0.05) is 18.2 Å². The minimum Gasteiger partial charge on any atom is -0.337 e. The maximum Gasteiger partial charge on any atom is 0.322 e. The number of benzene rings is 1. The molecule has 0 radical (unpaired) electrons. The monoisotopic (exact) mass is 367 g/mol. The fraction of sp³-hybridized carbons (Fsp3) is 0.450. The van der Waals surface area contributed by atoms with Gasteiger partial charge in [0.25, 0.3) is 5.91 Å². The smallest absolute Gasteiger partial charge is 0.322 e. The molecule has 0 bridgehead atoms. The summed E-state index contributed by atoms with van der Waals surface area (Å²) in [5.41, 5.74) is 4.28. The van der Waals surface area contributed by atoms with Crippen molar-refractivity contribution < 1.29 is 9.59 Å². The van der Waals surface area contributed by atoms with Crippen LogP contribution in [0.4, 0.5) is 10.5 Å². The standard InChI is InChI=1S/C20H25N5O2/c1-14-7-3-4-8-16(14)21-20(27)25-12-9-17-15(13-25)18(22-23(17)2)19(26)24-10-5-6-11-24/h3-4,7-8H,5-6,9-13H2,1-2H3,(H,21,27). The lowest BCUT2D eigenvalue weighted by molar-refractivity contribution is 0.0784. The van der Waals surface area contributed by atoms with Crippen LogP contribution in [0.25, 0.3) is 0 Å². The molecule has 3 amide bonds. The Kier molecular flexibility index (Phi) is 4.59. The molecule has 1 fully saturated rings. The van der Waals surface area contributed by atoms with Crippen LogP contribution < -0.4 is 5.32 Å². The molecule has 0 atom stereocenters. The van der Waals surface area contributed by atoms with E-state index >= 15 is 0 Å². The van der Waals surface area contributed by atoms with Crippen LogP contribution in [-0.4, -0.2) is 51.2 Å². The first-order valence-electron chi connectivity index (χ1n) is 9.50. The van der Waals surface area contributed by atoms with Gasteiger partial charge in [-0.25, -0.2) is 4.79 Å². The number of fused-ring (bicyclic) bond motifs is 1. The number of rotatable bonds is 2. The number of carbonyl (C=O) groups is 2. The molecule has 2 aliphatic heterocycles. The Balaban J connectivity index is 1.54. The molecule has 0 saturated carbocycles. The second-order valence-electron chi connectivity index (χ2n) is 7.31. The van der Waals surface area contributed by atoms with Crippen molar-refractivity contribution in [2.24, 2.45) is 7.05 Å². The van der Waals surface area contributed by atoms with Crippen molar-refractivity contribution >= 4 is 17.6 Å². The number of urea groups is 1. The molecule has 2 aromatic rings. The first-order valence-corrected chi connectivity index (χ1v) is 9.50. The first-order chi connectivity index (χ1) is 13.0. The van der Waals surface area contributed by atoms with Gasteiger partial charge in [-0.3, -0.25) is 9.48 Å². The third-order valence-corrected chi connectivity index (χ3v) is 5.51. The molecule has 1 aromatic heterocycles. The van der Waals surface area contributed by atoms with Crippen LogP contribution in [-0.2, 0) is 20.0 Å². The van der Waals surface area contributed by atoms with E-state index in [0.29, 0.717) is 25.2 Å². The normalized spacial score (nSPS) is 16.4. The van der Waals surface area contributed by atoms with Gasteiger partial charge < -0.3 is 15.1 Å². The van der Waals surface area contributed by atoms with E-state index < -0.39 is 0 Å². The molecule has 4 rings (SSSR count). The summed E-state index contributed by atoms with van der Waals surface area (Å²) < 4.78 is 1.80. The zero-order valence-electron chi connectivity index (χ0n) is 15.9. The lowest BCUT2D eigenvalue weighted by Crippen LogP contribution is -2.40. The Morgan fingerprint density at radius 3 is 2.56 bits per heavy atom. The number of nitrogens with one attached hydrogen (secondary N) is 1. The van der Waals surface area contributed by atoms with Crippen molar-refractivity contribution in [2.45, 2.75) is 32.7 Å². The number of aryl methyl sites for hydroxylation is 2. The fourth-order valence-corrected chi connectivity index (χ4v) is 3.91. The molecule has 0 aliphatic carbocycles. The number of amides is 3. The van der Waals surface area contributed by atoms with Gasteiger partial charge in [0.05, 0.1) is 6.54 Å². The number of para-hydroxylation sites is 1. The van der Waals surface area contributed by atoms with Crippen LogP contribution >= 0.6 is 0 Å². The van der Waals surface area contributed by atoms with E-state index in [1.165, 1.54) is 0 Å². The van der Waals surface area contributed by atoms with E-state index in [1.54, 1.807) is 9.58 Å². The number of nitrogens with zero attached hydrogens (tertiary/aromatic N) is 4. The fourth-order valence-electron chi connectivity index (χ4n) is 3.91. The largest absolute Gasteiger partial charge is 0.337 e. The molecule has 7 heteroatoms. The van der Waals surface area contributed by atoms with Gasteiger partial charge >= 0.3 is 6.03 Å². The van der Waals surface area contributed by atoms with Crippen LogP contribution in [0.2, 0.25) is 0 Å². The zero-order valence-corrected chi connectivity index (χ0v) is 15.9. The Morgan fingerprint density at radius 2 is 1.81 bits per heavy atom. The SMILES string of the molecule is Cc1ccccc1NC(=O)N1CCc2c(c(C(=O)N3CCCC3)nn2C)C1. The number of anilines is 1. The molecular weight excluding hydrogens is 342 g/mol. The van der Waals surface area contributed by atoms with Gasteiger partial charge in [-0.2, -0.15) is 5.10 Å². The van der Waals surface area contributed by atoms with Crippen molar-refractivity contribution in [3.63, 3.8) is 0 Å². The molecule has 142 valence electrons. The number of carbonyl (C=O) groups excluding carboxylic acids is 2. The summed E-state index contributed by atoms with van der Waals surface area (Å²) >= 11 is 0. The number of aromatic nitrogens is 2. The lowest BCUT2D eigenvalue weighted by Gasteiger charge is -2.28. The molecule has 2 aliphatic rings. The van der Waals surface area contributed by atoms with Crippen molar-refractivity contribution in [1.82, 2.24) is 19.6 Å². The number of likely N-dealkylation sites (tertiary alicyclic amines) is 1. The average Bonchev–Trinajstić information content (AvgIpc) is 3.31. The van der Waals surface area contributed by atoms with Crippen LogP contribution in [0.1, 0.15) is 40.2 Å². The maximum absolute atomic E-state index is 12.9. The highest BCUT2D eigenvalue weighted by Gasteiger charge is 2.32. The topological polar surface area (TPSA) is 70.5 Å². The predicted molar refractivity (Wildman–Crippen MR) is 103 cm³/mol. The summed E-state index contributed by atoms with van der Waals surface area (Å²) in [5.74, 6) is -0.00879. The lowest BCUT2D eigenvalue weighted by atomic mass is 10.0. The minimum atomic E-state index is -0.140. The number of hydrogen-bond donors (Lipinski definition) is 1. The van der Waals surface area contributed by atoms with E-state index in [0.717, 1.165) is 48.4 Å². The quantitative estimate of drug-likeness (QED) is 0.887. The summed E-state index contributed by atoms with van der Waals surface area (Å²) in [6, 6.07) is 7.58. The second-order valence-corrected chi connectivity index (χ2v) is 7.31. The average molecular weight is 367 g/mol. The molecule has 3 heterocycles. The Labute approximate surface area is 158 Å². The van der Waals surface area contributed by atoms with E-state index in [9.17, 15) is 9.59 Å². The molecule has 7 nitrogen and oxygen atoms in total. The summed E-state index contributed by atoms with van der Waals surface area (Å²) in [6.45, 7) is 4.58. The van der Waals surface area contributed by atoms with Gasteiger partial charge in [0.1, 0.15) is 0 Å². The van der Waals surface area contributed by atoms with Crippen molar-refractivity contribution in [1.29, 1.82) is 0 Å². The minimum absolute atomic E-state index is 0.00879. The highest BCUT2D eigenvalue weighted by molar-refractivity contribution is 5.95. The summed E-state index contributed by atoms with van der Waals surface area (Å²) in [7, 11) is 1.88. The predicted octanol–water partition coefficient (Wildman–Crippen LogP) is 2.55. The van der Waals surface area contributed by atoms with E-state index in [4.69, 9.17) is 0 Å². The van der Waals surface area contributed by atoms with Gasteiger partial charge in [-0.15, -0.1) is 0 Å². The van der Waals surface area contributed by atoms with E-state index in [-0.39, 0.29) is 11.9 Å². The molecule has 27 heavy (non-hydrogen) atoms. The zero-order chi connectivity index (χ0) is 19.0. The molecule has 1 N–H and O–H groups in total. The highest BCUT2D eigenvalue weighted by Crippen LogP contribution is 2.25. The third kappa shape index (κ3) is 3.29.